The molecule has 0 unspecified atom stereocenters. The molecule has 0 saturated heterocycles. The Kier molecular flexibility index (Phi) is 7.22. The number of nitrogens with zero attached hydrogens (tertiary/aromatic N) is 2. The summed E-state index contributed by atoms with van der Waals surface area (Å²) >= 11 is 18.0. The van der Waals surface area contributed by atoms with E-state index in [0.717, 1.165) is 45.6 Å². The fourth-order valence-electron chi connectivity index (χ4n) is 3.42. The molecule has 0 radical (unpaired) electrons. The molecule has 30 heavy (non-hydrogen) atoms. The standard InChI is InChI=1S/C22H24Cl2N2OS3/c1-4-9-28-21-25-19(29-12-14-15(23)7-6-8-16(14)24)18-13-10-22(3,5-2)27-11-17(13)30-20(18)26-21/h6-8H,4-5,9-12H2,1-3H3/t22-/m0/s1. The Morgan fingerprint density at radius 2 is 1.93 bits per heavy atom. The van der Waals surface area contributed by atoms with Crippen molar-refractivity contribution in [1.29, 1.82) is 0 Å². The maximum atomic E-state index is 6.42. The molecule has 3 aromatic rings. The fraction of sp³-hybridized carbons (Fsp3) is 0.455. The maximum absolute atomic E-state index is 6.42. The molecule has 4 rings (SSSR count). The van der Waals surface area contributed by atoms with Crippen LogP contribution in [0.3, 0.4) is 0 Å². The minimum absolute atomic E-state index is 0.134. The molecule has 1 atom stereocenters. The number of hydrogen-bond donors (Lipinski definition) is 0. The van der Waals surface area contributed by atoms with Gasteiger partial charge in [0.15, 0.2) is 5.16 Å². The van der Waals surface area contributed by atoms with Crippen LogP contribution in [0.25, 0.3) is 10.2 Å². The van der Waals surface area contributed by atoms with E-state index in [4.69, 9.17) is 37.9 Å². The summed E-state index contributed by atoms with van der Waals surface area (Å²) in [5.74, 6) is 1.68. The molecule has 2 aromatic heterocycles. The monoisotopic (exact) mass is 498 g/mol. The lowest BCUT2D eigenvalue weighted by Gasteiger charge is -2.33. The molecular weight excluding hydrogens is 475 g/mol. The third-order valence-corrected chi connectivity index (χ3v) is 9.24. The molecule has 0 aliphatic carbocycles. The van der Waals surface area contributed by atoms with Crippen molar-refractivity contribution in [3.63, 3.8) is 0 Å². The Bertz CT molecular complexity index is 1050. The van der Waals surface area contributed by atoms with Crippen molar-refractivity contribution in [2.45, 2.75) is 68.2 Å². The van der Waals surface area contributed by atoms with Gasteiger partial charge in [-0.3, -0.25) is 0 Å². The van der Waals surface area contributed by atoms with E-state index < -0.39 is 0 Å². The first-order chi connectivity index (χ1) is 14.4. The highest BCUT2D eigenvalue weighted by Crippen LogP contribution is 2.44. The second-order valence-electron chi connectivity index (χ2n) is 7.60. The quantitative estimate of drug-likeness (QED) is 0.187. The molecule has 0 saturated carbocycles. The summed E-state index contributed by atoms with van der Waals surface area (Å²) in [5, 5.41) is 4.44. The van der Waals surface area contributed by atoms with Gasteiger partial charge in [0.2, 0.25) is 0 Å². The van der Waals surface area contributed by atoms with Gasteiger partial charge in [0, 0.05) is 38.2 Å². The van der Waals surface area contributed by atoms with Crippen LogP contribution in [-0.4, -0.2) is 21.3 Å². The zero-order chi connectivity index (χ0) is 21.3. The predicted molar refractivity (Wildman–Crippen MR) is 132 cm³/mol. The van der Waals surface area contributed by atoms with Gasteiger partial charge in [0.1, 0.15) is 9.86 Å². The van der Waals surface area contributed by atoms with Crippen LogP contribution in [0.5, 0.6) is 0 Å². The van der Waals surface area contributed by atoms with Gasteiger partial charge in [0.05, 0.1) is 12.2 Å². The van der Waals surface area contributed by atoms with Gasteiger partial charge in [-0.2, -0.15) is 0 Å². The Morgan fingerprint density at radius 3 is 2.63 bits per heavy atom. The van der Waals surface area contributed by atoms with Gasteiger partial charge < -0.3 is 4.74 Å². The van der Waals surface area contributed by atoms with Crippen molar-refractivity contribution >= 4 is 68.3 Å². The lowest BCUT2D eigenvalue weighted by Crippen LogP contribution is -2.33. The van der Waals surface area contributed by atoms with Crippen LogP contribution in [0, 0.1) is 0 Å². The van der Waals surface area contributed by atoms with E-state index in [1.165, 1.54) is 15.8 Å². The SMILES string of the molecule is CCCSc1nc(SCc2c(Cl)cccc2Cl)c2c3c(sc2n1)CO[C@@](C)(CC)C3. The topological polar surface area (TPSA) is 35.0 Å². The van der Waals surface area contributed by atoms with Gasteiger partial charge in [-0.15, -0.1) is 23.1 Å². The third-order valence-electron chi connectivity index (χ3n) is 5.38. The smallest absolute Gasteiger partial charge is 0.190 e. The van der Waals surface area contributed by atoms with E-state index >= 15 is 0 Å². The van der Waals surface area contributed by atoms with Crippen LogP contribution < -0.4 is 0 Å². The van der Waals surface area contributed by atoms with E-state index in [1.54, 1.807) is 34.9 Å². The summed E-state index contributed by atoms with van der Waals surface area (Å²) < 4.78 is 6.18. The van der Waals surface area contributed by atoms with Gasteiger partial charge >= 0.3 is 0 Å². The Labute approximate surface area is 200 Å². The lowest BCUT2D eigenvalue weighted by atomic mass is 9.90. The number of benzene rings is 1. The Hall–Kier alpha value is -0.500. The largest absolute Gasteiger partial charge is 0.369 e. The van der Waals surface area contributed by atoms with Crippen molar-refractivity contribution in [3.05, 3.63) is 44.2 Å². The summed E-state index contributed by atoms with van der Waals surface area (Å²) in [6.07, 6.45) is 2.96. The second kappa shape index (κ2) is 9.55. The van der Waals surface area contributed by atoms with Crippen LogP contribution in [-0.2, 0) is 23.5 Å². The maximum Gasteiger partial charge on any atom is 0.190 e. The van der Waals surface area contributed by atoms with Crippen molar-refractivity contribution in [1.82, 2.24) is 9.97 Å². The highest BCUT2D eigenvalue weighted by molar-refractivity contribution is 7.99. The molecule has 0 fully saturated rings. The lowest BCUT2D eigenvalue weighted by molar-refractivity contribution is -0.0543. The first kappa shape index (κ1) is 22.7. The van der Waals surface area contributed by atoms with Crippen molar-refractivity contribution < 1.29 is 4.74 Å². The van der Waals surface area contributed by atoms with E-state index in [2.05, 4.69) is 20.8 Å². The molecule has 1 aliphatic rings. The molecule has 0 amide bonds. The highest BCUT2D eigenvalue weighted by atomic mass is 35.5. The minimum atomic E-state index is -0.134. The molecule has 0 spiro atoms. The highest BCUT2D eigenvalue weighted by Gasteiger charge is 2.33. The molecule has 1 aromatic carbocycles. The normalized spacial score (nSPS) is 18.7. The van der Waals surface area contributed by atoms with E-state index in [1.807, 2.05) is 18.2 Å². The molecule has 3 nitrogen and oxygen atoms in total. The number of hydrogen-bond acceptors (Lipinski definition) is 6. The first-order valence-corrected chi connectivity index (χ1v) is 13.6. The summed E-state index contributed by atoms with van der Waals surface area (Å²) in [5.41, 5.74) is 2.17. The van der Waals surface area contributed by atoms with Crippen LogP contribution in [0.1, 0.15) is 49.6 Å². The molecular formula is C22H24Cl2N2OS3. The Morgan fingerprint density at radius 1 is 1.17 bits per heavy atom. The molecule has 3 heterocycles. The summed E-state index contributed by atoms with van der Waals surface area (Å²) in [6, 6.07) is 5.65. The molecule has 8 heteroatoms. The molecule has 0 N–H and O–H groups in total. The van der Waals surface area contributed by atoms with E-state index in [0.29, 0.717) is 22.4 Å². The van der Waals surface area contributed by atoms with Crippen molar-refractivity contribution in [3.8, 4) is 0 Å². The number of ether oxygens (including phenoxy) is 1. The molecule has 1 aliphatic heterocycles. The van der Waals surface area contributed by atoms with Crippen molar-refractivity contribution in [2.75, 3.05) is 5.75 Å². The summed E-state index contributed by atoms with van der Waals surface area (Å²) in [6.45, 7) is 7.21. The number of halogens is 2. The molecule has 160 valence electrons. The van der Waals surface area contributed by atoms with E-state index in [9.17, 15) is 0 Å². The molecule has 0 bridgehead atoms. The fourth-order valence-corrected chi connectivity index (χ4v) is 7.20. The summed E-state index contributed by atoms with van der Waals surface area (Å²) in [7, 11) is 0. The minimum Gasteiger partial charge on any atom is -0.369 e. The number of fused-ring (bicyclic) bond motifs is 3. The Balaban J connectivity index is 1.76. The first-order valence-electron chi connectivity index (χ1n) is 10.1. The summed E-state index contributed by atoms with van der Waals surface area (Å²) in [4.78, 5) is 12.2. The van der Waals surface area contributed by atoms with Gasteiger partial charge in [-0.1, -0.05) is 54.9 Å². The number of aromatic nitrogens is 2. The van der Waals surface area contributed by atoms with Gasteiger partial charge in [-0.25, -0.2) is 9.97 Å². The van der Waals surface area contributed by atoms with Crippen LogP contribution in [0.4, 0.5) is 0 Å². The number of thioether (sulfide) groups is 2. The van der Waals surface area contributed by atoms with Crippen LogP contribution in [0.15, 0.2) is 28.4 Å². The van der Waals surface area contributed by atoms with Crippen LogP contribution in [0.2, 0.25) is 10.0 Å². The van der Waals surface area contributed by atoms with E-state index in [-0.39, 0.29) is 5.60 Å². The average Bonchev–Trinajstić information content (AvgIpc) is 3.09. The number of rotatable bonds is 7. The number of thiophene rings is 1. The second-order valence-corrected chi connectivity index (χ2v) is 11.5. The average molecular weight is 500 g/mol. The van der Waals surface area contributed by atoms with Crippen LogP contribution >= 0.6 is 58.1 Å². The van der Waals surface area contributed by atoms with Gasteiger partial charge in [-0.05, 0) is 43.0 Å². The zero-order valence-corrected chi connectivity index (χ0v) is 21.2. The zero-order valence-electron chi connectivity index (χ0n) is 17.3. The van der Waals surface area contributed by atoms with Crippen molar-refractivity contribution in [2.24, 2.45) is 0 Å². The predicted octanol–water partition coefficient (Wildman–Crippen LogP) is 8.03. The third kappa shape index (κ3) is 4.64. The van der Waals surface area contributed by atoms with Gasteiger partial charge in [0.25, 0.3) is 0 Å².